The third-order valence-corrected chi connectivity index (χ3v) is 16.3. The fourth-order valence-electron chi connectivity index (χ4n) is 12.3. The van der Waals surface area contributed by atoms with Gasteiger partial charge in [-0.25, -0.2) is 0 Å². The summed E-state index contributed by atoms with van der Waals surface area (Å²) in [5, 5.41) is 2.31. The second-order valence-corrected chi connectivity index (χ2v) is 21.3. The van der Waals surface area contributed by atoms with Crippen molar-refractivity contribution in [3.05, 3.63) is 271 Å². The van der Waals surface area contributed by atoms with E-state index in [2.05, 4.69) is 275 Å². The third-order valence-electron chi connectivity index (χ3n) is 16.3. The van der Waals surface area contributed by atoms with Gasteiger partial charge in [0.15, 0.2) is 0 Å². The third kappa shape index (κ3) is 7.01. The first kappa shape index (κ1) is 43.8. The molecule has 74 heavy (non-hydrogen) atoms. The largest absolute Gasteiger partial charge is 0.455 e. The molecule has 0 unspecified atom stereocenters. The van der Waals surface area contributed by atoms with Gasteiger partial charge in [-0.3, -0.25) is 0 Å². The van der Waals surface area contributed by atoms with E-state index < -0.39 is 0 Å². The lowest BCUT2D eigenvalue weighted by molar-refractivity contribution is 0.652. The summed E-state index contributed by atoms with van der Waals surface area (Å²) in [6.45, 7) is 9.61. The van der Waals surface area contributed by atoms with Crippen LogP contribution in [0.4, 0.5) is 17.1 Å². The quantitative estimate of drug-likeness (QED) is 0.151. The monoisotopic (exact) mass is 947 g/mol. The number of benzene rings is 11. The molecule has 2 aliphatic rings. The lowest BCUT2D eigenvalue weighted by Gasteiger charge is -2.28. The Morgan fingerprint density at radius 3 is 1.16 bits per heavy atom. The van der Waals surface area contributed by atoms with Crippen molar-refractivity contribution in [2.24, 2.45) is 0 Å². The normalized spacial score (nSPS) is 13.6. The molecule has 0 bridgehead atoms. The van der Waals surface area contributed by atoms with Crippen LogP contribution in [-0.2, 0) is 10.8 Å². The van der Waals surface area contributed by atoms with Crippen molar-refractivity contribution in [2.75, 3.05) is 4.90 Å². The Morgan fingerprint density at radius 1 is 0.270 bits per heavy atom. The zero-order chi connectivity index (χ0) is 49.7. The summed E-state index contributed by atoms with van der Waals surface area (Å²) in [5.74, 6) is 0. The summed E-state index contributed by atoms with van der Waals surface area (Å²) in [4.78, 5) is 2.42. The van der Waals surface area contributed by atoms with E-state index in [4.69, 9.17) is 4.42 Å². The van der Waals surface area contributed by atoms with Crippen molar-refractivity contribution in [3.63, 3.8) is 0 Å². The van der Waals surface area contributed by atoms with Crippen LogP contribution < -0.4 is 4.90 Å². The van der Waals surface area contributed by atoms with Crippen LogP contribution in [0.2, 0.25) is 0 Å². The van der Waals surface area contributed by atoms with E-state index in [1.807, 2.05) is 6.07 Å². The fraction of sp³-hybridized carbons (Fsp3) is 0.0833. The summed E-state index contributed by atoms with van der Waals surface area (Å²) in [7, 11) is 0. The molecule has 0 atom stereocenters. The zero-order valence-corrected chi connectivity index (χ0v) is 42.0. The second kappa shape index (κ2) is 16.8. The van der Waals surface area contributed by atoms with Crippen LogP contribution in [0.5, 0.6) is 0 Å². The maximum Gasteiger partial charge on any atom is 0.143 e. The molecule has 0 radical (unpaired) electrons. The SMILES string of the molecule is CC1(C)c2cc(-c3cccc4c3oc3ccccc34)ccc2-c2cc3c(cc21)-c1ccc(N(c2ccc(-c4ccc(-c5ccccc5)cc4)cc2)c2ccc(-c4ccc(-c5ccccc5)cc4)cc2)cc1C3(C)C. The summed E-state index contributed by atoms with van der Waals surface area (Å²) < 4.78 is 6.52. The summed E-state index contributed by atoms with van der Waals surface area (Å²) in [5.41, 5.74) is 27.5. The first-order valence-electron chi connectivity index (χ1n) is 25.9. The molecule has 11 aromatic carbocycles. The number of hydrogen-bond donors (Lipinski definition) is 0. The van der Waals surface area contributed by atoms with Gasteiger partial charge in [0.25, 0.3) is 0 Å². The minimum Gasteiger partial charge on any atom is -0.455 e. The Labute approximate surface area is 433 Å². The van der Waals surface area contributed by atoms with Crippen LogP contribution in [0, 0.1) is 0 Å². The van der Waals surface area contributed by atoms with Gasteiger partial charge in [-0.15, -0.1) is 0 Å². The van der Waals surface area contributed by atoms with Crippen LogP contribution in [0.3, 0.4) is 0 Å². The van der Waals surface area contributed by atoms with Gasteiger partial charge in [-0.1, -0.05) is 216 Å². The van der Waals surface area contributed by atoms with Crippen LogP contribution in [0.1, 0.15) is 49.9 Å². The molecule has 1 aromatic heterocycles. The molecule has 0 amide bonds. The minimum atomic E-state index is -0.239. The summed E-state index contributed by atoms with van der Waals surface area (Å²) in [6.07, 6.45) is 0. The standard InChI is InChI=1S/C72H53NO/c1-71(2)65-42-54(58-19-13-20-62-61-18-11-12-21-69(61)74-70(58)62)34-40-59(65)63-44-68-64(45-67(63)71)60-41-39-57(43-66(60)72(68,3)4)73(55-35-30-52(31-36-55)50-26-22-48(23-27-50)46-14-7-5-8-15-46)56-37-32-53(33-38-56)51-28-24-49(25-29-51)47-16-9-6-10-17-47/h5-45H,1-4H3. The van der Waals surface area contributed by atoms with E-state index >= 15 is 0 Å². The molecule has 0 aliphatic heterocycles. The average Bonchev–Trinajstić information content (AvgIpc) is 4.03. The number of hydrogen-bond acceptors (Lipinski definition) is 2. The first-order chi connectivity index (χ1) is 36.2. The van der Waals surface area contributed by atoms with E-state index in [9.17, 15) is 0 Å². The number of fused-ring (bicyclic) bond motifs is 9. The van der Waals surface area contributed by atoms with Gasteiger partial charge in [-0.2, -0.15) is 0 Å². The molecule has 0 fully saturated rings. The van der Waals surface area contributed by atoms with E-state index in [-0.39, 0.29) is 10.8 Å². The van der Waals surface area contributed by atoms with Crippen molar-refractivity contribution in [1.82, 2.24) is 0 Å². The van der Waals surface area contributed by atoms with Gasteiger partial charge in [0, 0.05) is 44.2 Å². The molecule has 2 heteroatoms. The van der Waals surface area contributed by atoms with E-state index in [1.165, 1.54) is 94.6 Å². The van der Waals surface area contributed by atoms with E-state index in [1.54, 1.807) is 0 Å². The Kier molecular flexibility index (Phi) is 9.94. The minimum absolute atomic E-state index is 0.201. The molecule has 0 saturated carbocycles. The van der Waals surface area contributed by atoms with Crippen LogP contribution >= 0.6 is 0 Å². The van der Waals surface area contributed by atoms with Gasteiger partial charge in [0.05, 0.1) is 0 Å². The Balaban J connectivity index is 0.822. The lowest BCUT2D eigenvalue weighted by Crippen LogP contribution is -2.17. The predicted octanol–water partition coefficient (Wildman–Crippen LogP) is 20.0. The highest BCUT2D eigenvalue weighted by molar-refractivity contribution is 6.09. The molecule has 2 nitrogen and oxygen atoms in total. The van der Waals surface area contributed by atoms with E-state index in [0.717, 1.165) is 44.6 Å². The first-order valence-corrected chi connectivity index (χ1v) is 25.9. The van der Waals surface area contributed by atoms with Crippen molar-refractivity contribution in [2.45, 2.75) is 38.5 Å². The molecule has 352 valence electrons. The van der Waals surface area contributed by atoms with Gasteiger partial charge in [0.2, 0.25) is 0 Å². The smallest absolute Gasteiger partial charge is 0.143 e. The predicted molar refractivity (Wildman–Crippen MR) is 311 cm³/mol. The van der Waals surface area contributed by atoms with Gasteiger partial charge in [-0.05, 0) is 155 Å². The zero-order valence-electron chi connectivity index (χ0n) is 42.0. The van der Waals surface area contributed by atoms with Crippen molar-refractivity contribution in [1.29, 1.82) is 0 Å². The number of anilines is 3. The molecular weight excluding hydrogens is 895 g/mol. The highest BCUT2D eigenvalue weighted by atomic mass is 16.3. The lowest BCUT2D eigenvalue weighted by atomic mass is 9.79. The summed E-state index contributed by atoms with van der Waals surface area (Å²) in [6, 6.07) is 91.3. The molecule has 0 spiro atoms. The highest BCUT2D eigenvalue weighted by Gasteiger charge is 2.42. The molecule has 0 saturated heterocycles. The maximum atomic E-state index is 6.52. The average molecular weight is 948 g/mol. The molecule has 0 N–H and O–H groups in total. The van der Waals surface area contributed by atoms with Gasteiger partial charge < -0.3 is 9.32 Å². The van der Waals surface area contributed by atoms with Gasteiger partial charge >= 0.3 is 0 Å². The number of rotatable bonds is 8. The summed E-state index contributed by atoms with van der Waals surface area (Å²) >= 11 is 0. The molecular formula is C72H53NO. The van der Waals surface area contributed by atoms with E-state index in [0.29, 0.717) is 0 Å². The number of nitrogens with zero attached hydrogens (tertiary/aromatic N) is 1. The van der Waals surface area contributed by atoms with Crippen molar-refractivity contribution >= 4 is 39.0 Å². The van der Waals surface area contributed by atoms with Gasteiger partial charge in [0.1, 0.15) is 11.2 Å². The Morgan fingerprint density at radius 2 is 0.649 bits per heavy atom. The van der Waals surface area contributed by atoms with Crippen LogP contribution in [0.25, 0.3) is 99.8 Å². The van der Waals surface area contributed by atoms with Crippen molar-refractivity contribution < 1.29 is 4.42 Å². The van der Waals surface area contributed by atoms with Crippen molar-refractivity contribution in [3.8, 4) is 77.9 Å². The number of para-hydroxylation sites is 2. The Bertz CT molecular complexity index is 4000. The maximum absolute atomic E-state index is 6.52. The van der Waals surface area contributed by atoms with Crippen LogP contribution in [0.15, 0.2) is 253 Å². The molecule has 1 heterocycles. The number of furan rings is 1. The molecule has 14 rings (SSSR count). The molecule has 2 aliphatic carbocycles. The second-order valence-electron chi connectivity index (χ2n) is 21.3. The highest BCUT2D eigenvalue weighted by Crippen LogP contribution is 2.57. The topological polar surface area (TPSA) is 16.4 Å². The fourth-order valence-corrected chi connectivity index (χ4v) is 12.3. The van der Waals surface area contributed by atoms with Crippen LogP contribution in [-0.4, -0.2) is 0 Å². The Hall–Kier alpha value is -8.98. The molecule has 12 aromatic rings.